The highest BCUT2D eigenvalue weighted by Crippen LogP contribution is 2.19. The van der Waals surface area contributed by atoms with Crippen LogP contribution in [-0.4, -0.2) is 59.1 Å². The van der Waals surface area contributed by atoms with Gasteiger partial charge in [-0.25, -0.2) is 4.98 Å². The first kappa shape index (κ1) is 18.9. The SMILES string of the molecule is CCC(CC)C(CNC(=O)c1cn2ccc(C)cc2n1)N1CCOCC1. The molecule has 1 N–H and O–H groups in total. The van der Waals surface area contributed by atoms with Gasteiger partial charge in [0, 0.05) is 38.1 Å². The third-order valence-corrected chi connectivity index (χ3v) is 5.43. The lowest BCUT2D eigenvalue weighted by Crippen LogP contribution is -2.52. The van der Waals surface area contributed by atoms with Crippen molar-refractivity contribution in [2.75, 3.05) is 32.8 Å². The molecule has 2 aromatic heterocycles. The van der Waals surface area contributed by atoms with E-state index in [1.807, 2.05) is 29.7 Å². The highest BCUT2D eigenvalue weighted by atomic mass is 16.5. The molecule has 1 unspecified atom stereocenters. The molecule has 1 aliphatic rings. The van der Waals surface area contributed by atoms with Crippen molar-refractivity contribution in [2.24, 2.45) is 5.92 Å². The Balaban J connectivity index is 1.69. The number of carbonyl (C=O) groups excluding carboxylic acids is 1. The predicted octanol–water partition coefficient (Wildman–Crippen LogP) is 2.51. The number of hydrogen-bond donors (Lipinski definition) is 1. The summed E-state index contributed by atoms with van der Waals surface area (Å²) in [5.41, 5.74) is 2.41. The third-order valence-electron chi connectivity index (χ3n) is 5.43. The first-order chi connectivity index (χ1) is 12.6. The molecule has 6 nitrogen and oxygen atoms in total. The summed E-state index contributed by atoms with van der Waals surface area (Å²) in [6.45, 7) is 10.6. The topological polar surface area (TPSA) is 58.9 Å². The van der Waals surface area contributed by atoms with Gasteiger partial charge >= 0.3 is 0 Å². The van der Waals surface area contributed by atoms with Crippen LogP contribution in [0.4, 0.5) is 0 Å². The van der Waals surface area contributed by atoms with Crippen LogP contribution in [0.1, 0.15) is 42.7 Å². The van der Waals surface area contributed by atoms with Gasteiger partial charge < -0.3 is 14.5 Å². The van der Waals surface area contributed by atoms with E-state index in [2.05, 4.69) is 29.0 Å². The molecule has 26 heavy (non-hydrogen) atoms. The van der Waals surface area contributed by atoms with E-state index in [9.17, 15) is 4.79 Å². The van der Waals surface area contributed by atoms with Crippen LogP contribution >= 0.6 is 0 Å². The summed E-state index contributed by atoms with van der Waals surface area (Å²) in [5, 5.41) is 3.12. The first-order valence-corrected chi connectivity index (χ1v) is 9.67. The van der Waals surface area contributed by atoms with Crippen molar-refractivity contribution in [1.29, 1.82) is 0 Å². The van der Waals surface area contributed by atoms with E-state index in [4.69, 9.17) is 4.74 Å². The number of hydrogen-bond acceptors (Lipinski definition) is 4. The number of nitrogens with one attached hydrogen (secondary N) is 1. The number of morpholine rings is 1. The van der Waals surface area contributed by atoms with Crippen LogP contribution in [0.25, 0.3) is 5.65 Å². The molecule has 0 bridgehead atoms. The number of carbonyl (C=O) groups is 1. The van der Waals surface area contributed by atoms with Crippen LogP contribution in [0.5, 0.6) is 0 Å². The highest BCUT2D eigenvalue weighted by Gasteiger charge is 2.27. The van der Waals surface area contributed by atoms with E-state index in [0.29, 0.717) is 24.2 Å². The Morgan fingerprint density at radius 1 is 1.31 bits per heavy atom. The molecule has 1 fully saturated rings. The maximum absolute atomic E-state index is 12.7. The Morgan fingerprint density at radius 3 is 2.73 bits per heavy atom. The molecule has 0 saturated carbocycles. The van der Waals surface area contributed by atoms with Gasteiger partial charge in [0.05, 0.1) is 13.2 Å². The van der Waals surface area contributed by atoms with Gasteiger partial charge in [-0.15, -0.1) is 0 Å². The van der Waals surface area contributed by atoms with E-state index in [-0.39, 0.29) is 5.91 Å². The van der Waals surface area contributed by atoms with Crippen LogP contribution in [-0.2, 0) is 4.74 Å². The predicted molar refractivity (Wildman–Crippen MR) is 103 cm³/mol. The van der Waals surface area contributed by atoms with Gasteiger partial charge in [0.2, 0.25) is 0 Å². The van der Waals surface area contributed by atoms with Crippen LogP contribution in [0, 0.1) is 12.8 Å². The molecule has 1 amide bonds. The molecular formula is C20H30N4O2. The lowest BCUT2D eigenvalue weighted by atomic mass is 9.92. The number of ether oxygens (including phenoxy) is 1. The minimum Gasteiger partial charge on any atom is -0.379 e. The molecule has 0 aromatic carbocycles. The van der Waals surface area contributed by atoms with Crippen molar-refractivity contribution >= 4 is 11.6 Å². The zero-order valence-electron chi connectivity index (χ0n) is 16.1. The van der Waals surface area contributed by atoms with Gasteiger partial charge in [-0.3, -0.25) is 9.69 Å². The van der Waals surface area contributed by atoms with E-state index in [1.165, 1.54) is 0 Å². The molecule has 0 spiro atoms. The molecule has 6 heteroatoms. The second kappa shape index (κ2) is 8.64. The van der Waals surface area contributed by atoms with Crippen molar-refractivity contribution < 1.29 is 9.53 Å². The molecule has 1 saturated heterocycles. The minimum absolute atomic E-state index is 0.101. The van der Waals surface area contributed by atoms with E-state index in [0.717, 1.165) is 50.4 Å². The van der Waals surface area contributed by atoms with E-state index < -0.39 is 0 Å². The van der Waals surface area contributed by atoms with Crippen LogP contribution in [0.3, 0.4) is 0 Å². The number of nitrogens with zero attached hydrogens (tertiary/aromatic N) is 3. The monoisotopic (exact) mass is 358 g/mol. The fourth-order valence-electron chi connectivity index (χ4n) is 3.82. The van der Waals surface area contributed by atoms with Crippen LogP contribution < -0.4 is 5.32 Å². The lowest BCUT2D eigenvalue weighted by molar-refractivity contribution is 0.00190. The molecule has 142 valence electrons. The van der Waals surface area contributed by atoms with Gasteiger partial charge in [0.1, 0.15) is 11.3 Å². The minimum atomic E-state index is -0.101. The number of rotatable bonds is 7. The molecule has 3 rings (SSSR count). The molecular weight excluding hydrogens is 328 g/mol. The number of aryl methyl sites for hydroxylation is 1. The Morgan fingerprint density at radius 2 is 2.04 bits per heavy atom. The van der Waals surface area contributed by atoms with Gasteiger partial charge in [-0.05, 0) is 30.5 Å². The van der Waals surface area contributed by atoms with E-state index >= 15 is 0 Å². The van der Waals surface area contributed by atoms with Crippen molar-refractivity contribution in [3.8, 4) is 0 Å². The third kappa shape index (κ3) is 4.24. The number of fused-ring (bicyclic) bond motifs is 1. The summed E-state index contributed by atoms with van der Waals surface area (Å²) in [6, 6.07) is 4.34. The Bertz CT molecular complexity index is 732. The molecule has 0 radical (unpaired) electrons. The first-order valence-electron chi connectivity index (χ1n) is 9.67. The Labute approximate surface area is 155 Å². The van der Waals surface area contributed by atoms with Crippen molar-refractivity contribution in [3.05, 3.63) is 35.8 Å². The van der Waals surface area contributed by atoms with Gasteiger partial charge in [0.25, 0.3) is 5.91 Å². The summed E-state index contributed by atoms with van der Waals surface area (Å²) < 4.78 is 7.38. The van der Waals surface area contributed by atoms with Gasteiger partial charge in [0.15, 0.2) is 0 Å². The standard InChI is InChI=1S/C20H30N4O2/c1-4-16(5-2)18(23-8-10-26-11-9-23)13-21-20(25)17-14-24-7-6-15(3)12-19(24)22-17/h6-7,12,14,16,18H,4-5,8-11,13H2,1-3H3,(H,21,25). The average Bonchev–Trinajstić information content (AvgIpc) is 3.09. The summed E-state index contributed by atoms with van der Waals surface area (Å²) >= 11 is 0. The summed E-state index contributed by atoms with van der Waals surface area (Å²) in [4.78, 5) is 19.6. The lowest BCUT2D eigenvalue weighted by Gasteiger charge is -2.38. The average molecular weight is 358 g/mol. The molecule has 0 aliphatic carbocycles. The van der Waals surface area contributed by atoms with Crippen molar-refractivity contribution in [1.82, 2.24) is 19.6 Å². The van der Waals surface area contributed by atoms with Crippen LogP contribution in [0.2, 0.25) is 0 Å². The maximum Gasteiger partial charge on any atom is 0.271 e. The summed E-state index contributed by atoms with van der Waals surface area (Å²) in [5.74, 6) is 0.465. The second-order valence-corrected chi connectivity index (χ2v) is 7.10. The molecule has 1 aliphatic heterocycles. The smallest absolute Gasteiger partial charge is 0.271 e. The fraction of sp³-hybridized carbons (Fsp3) is 0.600. The zero-order chi connectivity index (χ0) is 18.5. The summed E-state index contributed by atoms with van der Waals surface area (Å²) in [6.07, 6.45) is 5.96. The fourth-order valence-corrected chi connectivity index (χ4v) is 3.82. The maximum atomic E-state index is 12.7. The summed E-state index contributed by atoms with van der Waals surface area (Å²) in [7, 11) is 0. The molecule has 2 aromatic rings. The number of imidazole rings is 1. The largest absolute Gasteiger partial charge is 0.379 e. The number of amides is 1. The second-order valence-electron chi connectivity index (χ2n) is 7.10. The van der Waals surface area contributed by atoms with Crippen molar-refractivity contribution in [3.63, 3.8) is 0 Å². The normalized spacial score (nSPS) is 16.9. The zero-order valence-corrected chi connectivity index (χ0v) is 16.1. The quantitative estimate of drug-likeness (QED) is 0.826. The Hall–Kier alpha value is -1.92. The Kier molecular flexibility index (Phi) is 6.27. The van der Waals surface area contributed by atoms with E-state index in [1.54, 1.807) is 6.20 Å². The molecule has 1 atom stereocenters. The number of aromatic nitrogens is 2. The van der Waals surface area contributed by atoms with Gasteiger partial charge in [-0.1, -0.05) is 26.7 Å². The number of pyridine rings is 1. The van der Waals surface area contributed by atoms with Gasteiger partial charge in [-0.2, -0.15) is 0 Å². The highest BCUT2D eigenvalue weighted by molar-refractivity contribution is 5.92. The molecule has 3 heterocycles. The van der Waals surface area contributed by atoms with Crippen molar-refractivity contribution in [2.45, 2.75) is 39.7 Å². The van der Waals surface area contributed by atoms with Crippen LogP contribution in [0.15, 0.2) is 24.5 Å².